The van der Waals surface area contributed by atoms with Crippen molar-refractivity contribution >= 4 is 17.3 Å². The second kappa shape index (κ2) is 8.99. The van der Waals surface area contributed by atoms with Crippen molar-refractivity contribution in [2.45, 2.75) is 64.8 Å². The van der Waals surface area contributed by atoms with Gasteiger partial charge in [0.15, 0.2) is 5.96 Å². The van der Waals surface area contributed by atoms with E-state index in [1.807, 2.05) is 7.05 Å². The Kier molecular flexibility index (Phi) is 7.25. The molecule has 2 rings (SSSR count). The van der Waals surface area contributed by atoms with E-state index >= 15 is 0 Å². The van der Waals surface area contributed by atoms with Gasteiger partial charge in [-0.05, 0) is 24.7 Å². The molecule has 0 radical (unpaired) electrons. The number of guanidine groups is 1. The Morgan fingerprint density at radius 2 is 2.04 bits per heavy atom. The van der Waals surface area contributed by atoms with Gasteiger partial charge in [0.1, 0.15) is 5.01 Å². The van der Waals surface area contributed by atoms with Crippen LogP contribution in [0.2, 0.25) is 0 Å². The summed E-state index contributed by atoms with van der Waals surface area (Å²) >= 11 is 1.71. The number of rotatable bonds is 7. The third-order valence-corrected chi connectivity index (χ3v) is 5.93. The van der Waals surface area contributed by atoms with Crippen molar-refractivity contribution in [1.82, 2.24) is 15.6 Å². The first-order valence-electron chi connectivity index (χ1n) is 9.27. The molecule has 1 fully saturated rings. The van der Waals surface area contributed by atoms with Crippen LogP contribution in [-0.2, 0) is 16.7 Å². The predicted octanol–water partition coefficient (Wildman–Crippen LogP) is 3.70. The van der Waals surface area contributed by atoms with Gasteiger partial charge in [-0.15, -0.1) is 11.3 Å². The Hall–Kier alpha value is -1.14. The van der Waals surface area contributed by atoms with Crippen LogP contribution < -0.4 is 10.6 Å². The van der Waals surface area contributed by atoms with Crippen molar-refractivity contribution in [3.8, 4) is 0 Å². The van der Waals surface area contributed by atoms with Gasteiger partial charge in [0, 0.05) is 38.1 Å². The zero-order chi connectivity index (χ0) is 18.3. The summed E-state index contributed by atoms with van der Waals surface area (Å²) in [5.41, 5.74) is 1.61. The predicted molar refractivity (Wildman–Crippen MR) is 106 cm³/mol. The normalized spacial score (nSPS) is 17.7. The minimum absolute atomic E-state index is 0.102. The first kappa shape index (κ1) is 20.2. The van der Waals surface area contributed by atoms with Gasteiger partial charge >= 0.3 is 0 Å². The monoisotopic (exact) mass is 366 g/mol. The molecule has 0 spiro atoms. The molecule has 2 N–H and O–H groups in total. The molecule has 0 aliphatic heterocycles. The summed E-state index contributed by atoms with van der Waals surface area (Å²) < 4.78 is 5.32. The van der Waals surface area contributed by atoms with Crippen molar-refractivity contribution in [2.24, 2.45) is 10.4 Å². The summed E-state index contributed by atoms with van der Waals surface area (Å²) in [6.07, 6.45) is 6.33. The summed E-state index contributed by atoms with van der Waals surface area (Å²) in [4.78, 5) is 9.11. The molecule has 1 aliphatic carbocycles. The SMILES string of the molecule is CN=C(NCc1nc(C(C)(C)C)cs1)NCC1(CCOC)CCCC1. The molecule has 1 heterocycles. The largest absolute Gasteiger partial charge is 0.385 e. The smallest absolute Gasteiger partial charge is 0.191 e. The molecule has 0 atom stereocenters. The zero-order valence-electron chi connectivity index (χ0n) is 16.4. The molecule has 0 amide bonds. The number of nitrogens with one attached hydrogen (secondary N) is 2. The van der Waals surface area contributed by atoms with Gasteiger partial charge in [-0.25, -0.2) is 4.98 Å². The zero-order valence-corrected chi connectivity index (χ0v) is 17.3. The number of aliphatic imine (C=N–C) groups is 1. The van der Waals surface area contributed by atoms with E-state index in [1.54, 1.807) is 18.4 Å². The fraction of sp³-hybridized carbons (Fsp3) is 0.789. The van der Waals surface area contributed by atoms with Gasteiger partial charge in [-0.1, -0.05) is 33.6 Å². The van der Waals surface area contributed by atoms with E-state index in [-0.39, 0.29) is 5.41 Å². The van der Waals surface area contributed by atoms with E-state index < -0.39 is 0 Å². The number of hydrogen-bond donors (Lipinski definition) is 2. The van der Waals surface area contributed by atoms with Gasteiger partial charge in [0.2, 0.25) is 0 Å². The highest BCUT2D eigenvalue weighted by atomic mass is 32.1. The summed E-state index contributed by atoms with van der Waals surface area (Å²) in [7, 11) is 3.62. The second-order valence-corrected chi connectivity index (χ2v) is 9.05. The topological polar surface area (TPSA) is 58.5 Å². The number of hydrogen-bond acceptors (Lipinski definition) is 4. The lowest BCUT2D eigenvalue weighted by molar-refractivity contribution is 0.138. The second-order valence-electron chi connectivity index (χ2n) is 8.11. The lowest BCUT2D eigenvalue weighted by Crippen LogP contribution is -2.43. The van der Waals surface area contributed by atoms with Gasteiger partial charge in [0.25, 0.3) is 0 Å². The van der Waals surface area contributed by atoms with Crippen molar-refractivity contribution in [2.75, 3.05) is 27.3 Å². The highest BCUT2D eigenvalue weighted by molar-refractivity contribution is 7.09. The summed E-state index contributed by atoms with van der Waals surface area (Å²) in [6.45, 7) is 9.09. The molecule has 1 aromatic rings. The van der Waals surface area contributed by atoms with Crippen LogP contribution in [0.4, 0.5) is 0 Å². The molecule has 0 aromatic carbocycles. The quantitative estimate of drug-likeness (QED) is 0.571. The van der Waals surface area contributed by atoms with Gasteiger partial charge in [-0.2, -0.15) is 0 Å². The Balaban J connectivity index is 1.85. The average Bonchev–Trinajstić information content (AvgIpc) is 3.23. The van der Waals surface area contributed by atoms with Crippen LogP contribution in [0.3, 0.4) is 0 Å². The maximum Gasteiger partial charge on any atom is 0.191 e. The van der Waals surface area contributed by atoms with Crippen LogP contribution in [0.15, 0.2) is 10.4 Å². The van der Waals surface area contributed by atoms with Crippen LogP contribution in [-0.4, -0.2) is 38.3 Å². The van der Waals surface area contributed by atoms with Crippen LogP contribution in [0.5, 0.6) is 0 Å². The van der Waals surface area contributed by atoms with Crippen molar-refractivity contribution in [3.63, 3.8) is 0 Å². The number of thiazole rings is 1. The number of ether oxygens (including phenoxy) is 1. The lowest BCUT2D eigenvalue weighted by atomic mass is 9.83. The fourth-order valence-electron chi connectivity index (χ4n) is 3.35. The lowest BCUT2D eigenvalue weighted by Gasteiger charge is -2.29. The molecule has 1 aromatic heterocycles. The molecule has 6 heteroatoms. The van der Waals surface area contributed by atoms with Gasteiger partial charge in [0.05, 0.1) is 12.2 Å². The van der Waals surface area contributed by atoms with Crippen molar-refractivity contribution in [1.29, 1.82) is 0 Å². The fourth-order valence-corrected chi connectivity index (χ4v) is 4.31. The molecule has 0 unspecified atom stereocenters. The Morgan fingerprint density at radius 3 is 2.60 bits per heavy atom. The summed E-state index contributed by atoms with van der Waals surface area (Å²) in [6, 6.07) is 0. The van der Waals surface area contributed by atoms with Crippen molar-refractivity contribution < 1.29 is 4.74 Å². The Labute approximate surface area is 156 Å². The van der Waals surface area contributed by atoms with Crippen molar-refractivity contribution in [3.05, 3.63) is 16.1 Å². The first-order chi connectivity index (χ1) is 11.9. The molecule has 1 saturated carbocycles. The maximum atomic E-state index is 5.32. The average molecular weight is 367 g/mol. The molecule has 1 aliphatic rings. The summed E-state index contributed by atoms with van der Waals surface area (Å²) in [5, 5.41) is 10.2. The number of nitrogens with zero attached hydrogens (tertiary/aromatic N) is 2. The van der Waals surface area contributed by atoms with Gasteiger partial charge in [-0.3, -0.25) is 4.99 Å². The van der Waals surface area contributed by atoms with E-state index in [2.05, 4.69) is 41.8 Å². The van der Waals surface area contributed by atoms with Crippen LogP contribution >= 0.6 is 11.3 Å². The third-order valence-electron chi connectivity index (χ3n) is 5.08. The highest BCUT2D eigenvalue weighted by Crippen LogP contribution is 2.40. The molecular weight excluding hydrogens is 332 g/mol. The molecule has 5 nitrogen and oxygen atoms in total. The van der Waals surface area contributed by atoms with Crippen LogP contribution in [0, 0.1) is 5.41 Å². The molecule has 0 saturated heterocycles. The maximum absolute atomic E-state index is 5.32. The van der Waals surface area contributed by atoms with E-state index in [0.717, 1.165) is 36.2 Å². The molecular formula is C19H34N4OS. The van der Waals surface area contributed by atoms with E-state index in [1.165, 1.54) is 25.7 Å². The minimum Gasteiger partial charge on any atom is -0.385 e. The van der Waals surface area contributed by atoms with E-state index in [4.69, 9.17) is 9.72 Å². The van der Waals surface area contributed by atoms with Gasteiger partial charge < -0.3 is 15.4 Å². The number of methoxy groups -OCH3 is 1. The first-order valence-corrected chi connectivity index (χ1v) is 10.1. The minimum atomic E-state index is 0.102. The Morgan fingerprint density at radius 1 is 1.32 bits per heavy atom. The highest BCUT2D eigenvalue weighted by Gasteiger charge is 2.33. The van der Waals surface area contributed by atoms with E-state index in [9.17, 15) is 0 Å². The van der Waals surface area contributed by atoms with Crippen LogP contribution in [0.1, 0.15) is 63.6 Å². The molecule has 25 heavy (non-hydrogen) atoms. The Bertz CT molecular complexity index is 556. The number of aromatic nitrogens is 1. The van der Waals surface area contributed by atoms with E-state index in [0.29, 0.717) is 12.0 Å². The van der Waals surface area contributed by atoms with Crippen LogP contribution in [0.25, 0.3) is 0 Å². The molecule has 142 valence electrons. The standard InChI is InChI=1S/C19H34N4OS/c1-18(2,3)15-13-25-16(23-15)12-21-17(20-4)22-14-19(10-11-24-5)8-6-7-9-19/h13H,6-12,14H2,1-5H3,(H2,20,21,22). The molecule has 0 bridgehead atoms. The summed E-state index contributed by atoms with van der Waals surface area (Å²) in [5.74, 6) is 0.858. The third kappa shape index (κ3) is 5.96.